The third kappa shape index (κ3) is 53.5. The first kappa shape index (κ1) is 24.1. The van der Waals surface area contributed by atoms with Gasteiger partial charge in [0.05, 0.1) is 0 Å². The maximum atomic E-state index is 4.93. The summed E-state index contributed by atoms with van der Waals surface area (Å²) in [6.07, 6.45) is 0. The first-order valence-corrected chi connectivity index (χ1v) is 10.1. The molecule has 1 aromatic rings. The Kier molecular flexibility index (Phi) is 84.8. The van der Waals surface area contributed by atoms with E-state index in [9.17, 15) is 0 Å². The van der Waals surface area contributed by atoms with Crippen LogP contribution in [0.4, 0.5) is 0 Å². The Morgan fingerprint density at radius 1 is 0.857 bits per heavy atom. The number of rotatable bonds is 0. The van der Waals surface area contributed by atoms with Crippen LogP contribution in [-0.2, 0) is 20.8 Å². The van der Waals surface area contributed by atoms with E-state index >= 15 is 0 Å². The molecule has 0 unspecified atom stereocenters. The summed E-state index contributed by atoms with van der Waals surface area (Å²) in [6, 6.07) is 10.0. The second kappa shape index (κ2) is 49.2. The molecule has 0 bridgehead atoms. The van der Waals surface area contributed by atoms with E-state index in [0.717, 1.165) is 0 Å². The zero-order valence-electron chi connectivity index (χ0n) is 8.87. The zero-order chi connectivity index (χ0) is 12.2. The van der Waals surface area contributed by atoms with E-state index in [-0.39, 0.29) is 0 Å². The van der Waals surface area contributed by atoms with E-state index in [2.05, 4.69) is 17.2 Å². The quantitative estimate of drug-likeness (QED) is 0.634. The summed E-state index contributed by atoms with van der Waals surface area (Å²) in [7, 11) is 14.4. The minimum Gasteiger partial charge on any atom is -0.214 e. The molecule has 0 aliphatic carbocycles. The minimum atomic E-state index is -0.826. The third-order valence-electron chi connectivity index (χ3n) is 0.556. The molecule has 0 spiro atoms. The van der Waals surface area contributed by atoms with Gasteiger partial charge < -0.3 is 17.2 Å². The van der Waals surface area contributed by atoms with Crippen molar-refractivity contribution >= 4 is 17.0 Å². The molecule has 0 atom stereocenters. The van der Waals surface area contributed by atoms with E-state index in [1.54, 1.807) is 0 Å². The van der Waals surface area contributed by atoms with Gasteiger partial charge in [0.2, 0.25) is 0 Å². The van der Waals surface area contributed by atoms with Gasteiger partial charge >= 0.3 is 37.9 Å². The van der Waals surface area contributed by atoms with Gasteiger partial charge in [-0.1, -0.05) is 0 Å². The molecule has 0 saturated carbocycles. The second-order valence-corrected chi connectivity index (χ2v) is 4.77. The van der Waals surface area contributed by atoms with Crippen LogP contribution in [0.25, 0.3) is 0 Å². The molecule has 0 aliphatic heterocycles. The van der Waals surface area contributed by atoms with Crippen LogP contribution in [0.2, 0.25) is 0 Å². The van der Waals surface area contributed by atoms with Crippen molar-refractivity contribution in [3.8, 4) is 0 Å². The van der Waals surface area contributed by atoms with Crippen molar-refractivity contribution in [3.63, 3.8) is 0 Å². The molecule has 0 heterocycles. The predicted octanol–water partition coefficient (Wildman–Crippen LogP) is 1.51. The minimum absolute atomic E-state index is 0.826. The molecule has 14 heavy (non-hydrogen) atoms. The van der Waals surface area contributed by atoms with E-state index in [1.165, 1.54) is 21.1 Å². The van der Waals surface area contributed by atoms with Crippen molar-refractivity contribution in [1.82, 2.24) is 0 Å². The van der Waals surface area contributed by atoms with Crippen LogP contribution in [0, 0.1) is 0 Å². The normalized spacial score (nSPS) is 5.14. The van der Waals surface area contributed by atoms with E-state index in [0.29, 0.717) is 0 Å². The fourth-order valence-electron chi connectivity index (χ4n) is 0.321. The Labute approximate surface area is 106 Å². The Morgan fingerprint density at radius 2 is 1.07 bits per heavy atom. The summed E-state index contributed by atoms with van der Waals surface area (Å²) in [5, 5.41) is 0. The molecule has 1 rings (SSSR count). The zero-order valence-corrected chi connectivity index (χ0v) is 12.8. The fourth-order valence-corrected chi connectivity index (χ4v) is 0.321. The Hall–Kier alpha value is 0.693. The maximum absolute atomic E-state index is 4.93. The molecule has 0 amide bonds. The SMILES string of the molecule is CN.CN.CN.[Cl][Zr][Cl].c1cc[cH-]c1. The standard InChI is InChI=1S/C5H5.3CH5N.2ClH.Zr/c1-2-4-5-3-1;3*1-2;;;/h1-5H;3*2H2,1H3;2*1H;/q-1;;;;;;+2/p-2. The van der Waals surface area contributed by atoms with Crippen LogP contribution in [-0.4, -0.2) is 21.1 Å². The fraction of sp³-hybridized carbons (Fsp3) is 0.375. The average molecular weight is 320 g/mol. The molecule has 0 radical (unpaired) electrons. The van der Waals surface area contributed by atoms with Gasteiger partial charge in [0, 0.05) is 0 Å². The third-order valence-corrected chi connectivity index (χ3v) is 0.556. The number of halogens is 2. The van der Waals surface area contributed by atoms with Gasteiger partial charge in [0.1, 0.15) is 0 Å². The van der Waals surface area contributed by atoms with Crippen LogP contribution in [0.1, 0.15) is 0 Å². The number of hydrogen-bond donors (Lipinski definition) is 3. The van der Waals surface area contributed by atoms with Crippen LogP contribution in [0.5, 0.6) is 0 Å². The Morgan fingerprint density at radius 3 is 1.14 bits per heavy atom. The van der Waals surface area contributed by atoms with Crippen LogP contribution < -0.4 is 17.2 Å². The molecular formula is C8H20Cl2N3Zr-. The van der Waals surface area contributed by atoms with Crippen molar-refractivity contribution in [3.05, 3.63) is 30.3 Å². The average Bonchev–Trinajstić information content (AvgIpc) is 2.85. The van der Waals surface area contributed by atoms with E-state index < -0.39 is 20.8 Å². The molecule has 0 aliphatic rings. The van der Waals surface area contributed by atoms with Crippen molar-refractivity contribution in [2.24, 2.45) is 17.2 Å². The predicted molar refractivity (Wildman–Crippen MR) is 64.1 cm³/mol. The van der Waals surface area contributed by atoms with Crippen molar-refractivity contribution in [1.29, 1.82) is 0 Å². The van der Waals surface area contributed by atoms with Crippen LogP contribution >= 0.6 is 17.0 Å². The molecular weight excluding hydrogens is 300 g/mol. The van der Waals surface area contributed by atoms with E-state index in [1.807, 2.05) is 30.3 Å². The topological polar surface area (TPSA) is 78.1 Å². The second-order valence-electron chi connectivity index (χ2n) is 1.03. The molecule has 3 nitrogen and oxygen atoms in total. The van der Waals surface area contributed by atoms with Gasteiger partial charge in [-0.3, -0.25) is 0 Å². The van der Waals surface area contributed by atoms with Gasteiger partial charge in [-0.05, 0) is 21.1 Å². The first-order valence-electron chi connectivity index (χ1n) is 3.78. The van der Waals surface area contributed by atoms with Crippen LogP contribution in [0.3, 0.4) is 0 Å². The van der Waals surface area contributed by atoms with Gasteiger partial charge in [-0.2, -0.15) is 18.2 Å². The summed E-state index contributed by atoms with van der Waals surface area (Å²) in [4.78, 5) is 0. The van der Waals surface area contributed by atoms with Crippen LogP contribution in [0.15, 0.2) is 30.3 Å². The molecule has 6 heteroatoms. The summed E-state index contributed by atoms with van der Waals surface area (Å²) in [5.74, 6) is 0. The van der Waals surface area contributed by atoms with Gasteiger partial charge in [-0.15, -0.1) is 0 Å². The molecule has 0 saturated heterocycles. The van der Waals surface area contributed by atoms with Gasteiger partial charge in [0.25, 0.3) is 0 Å². The van der Waals surface area contributed by atoms with Crippen molar-refractivity contribution in [2.75, 3.05) is 21.1 Å². The first-order chi connectivity index (χ1) is 6.91. The molecule has 0 aromatic heterocycles. The largest absolute Gasteiger partial charge is 0.214 e. The summed E-state index contributed by atoms with van der Waals surface area (Å²) in [6.45, 7) is 0. The van der Waals surface area contributed by atoms with Crippen molar-refractivity contribution in [2.45, 2.75) is 0 Å². The maximum Gasteiger partial charge on any atom is -0.172 e. The summed E-state index contributed by atoms with van der Waals surface area (Å²) in [5.41, 5.74) is 13.5. The summed E-state index contributed by atoms with van der Waals surface area (Å²) >= 11 is -0.826. The van der Waals surface area contributed by atoms with Gasteiger partial charge in [-0.25, -0.2) is 12.1 Å². The van der Waals surface area contributed by atoms with Crippen molar-refractivity contribution < 1.29 is 20.8 Å². The Balaban J connectivity index is -0.0000000494. The molecule has 6 N–H and O–H groups in total. The summed E-state index contributed by atoms with van der Waals surface area (Å²) < 4.78 is 0. The van der Waals surface area contributed by atoms with Gasteiger partial charge in [0.15, 0.2) is 0 Å². The monoisotopic (exact) mass is 318 g/mol. The molecule has 1 aromatic carbocycles. The smallest absolute Gasteiger partial charge is 0.172 e. The molecule has 0 fully saturated rings. The molecule has 86 valence electrons. The Bertz CT molecular complexity index is 89.5. The van der Waals surface area contributed by atoms with E-state index in [4.69, 9.17) is 17.0 Å². The number of hydrogen-bond acceptors (Lipinski definition) is 3. The number of nitrogens with two attached hydrogens (primary N) is 3.